The van der Waals surface area contributed by atoms with Gasteiger partial charge in [0.25, 0.3) is 6.01 Å². The van der Waals surface area contributed by atoms with Crippen molar-refractivity contribution in [3.8, 4) is 0 Å². The number of morpholine rings is 1. The molecule has 20 heavy (non-hydrogen) atoms. The molecular weight excluding hydrogens is 266 g/mol. The van der Waals surface area contributed by atoms with Gasteiger partial charge in [0.15, 0.2) is 5.69 Å². The molecule has 2 heterocycles. The number of carbonyl (C=O) groups is 2. The fourth-order valence-corrected chi connectivity index (χ4v) is 1.91. The van der Waals surface area contributed by atoms with E-state index in [1.54, 1.807) is 18.9 Å². The first-order chi connectivity index (χ1) is 9.67. The number of anilines is 1. The SMILES string of the molecule is CCOC(=O)c1coc(N2CCOCC2C(=O)NC)n1. The Kier molecular flexibility index (Phi) is 4.57. The molecule has 1 fully saturated rings. The van der Waals surface area contributed by atoms with Gasteiger partial charge >= 0.3 is 5.97 Å². The fourth-order valence-electron chi connectivity index (χ4n) is 1.91. The van der Waals surface area contributed by atoms with E-state index in [1.165, 1.54) is 6.26 Å². The molecule has 8 nitrogen and oxygen atoms in total. The van der Waals surface area contributed by atoms with Crippen molar-refractivity contribution in [1.82, 2.24) is 10.3 Å². The number of oxazole rings is 1. The molecule has 1 aliphatic heterocycles. The van der Waals surface area contributed by atoms with E-state index in [0.29, 0.717) is 13.2 Å². The van der Waals surface area contributed by atoms with E-state index >= 15 is 0 Å². The zero-order chi connectivity index (χ0) is 14.5. The van der Waals surface area contributed by atoms with E-state index in [2.05, 4.69) is 10.3 Å². The summed E-state index contributed by atoms with van der Waals surface area (Å²) in [5.41, 5.74) is 0.0870. The predicted molar refractivity (Wildman–Crippen MR) is 68.5 cm³/mol. The van der Waals surface area contributed by atoms with Crippen molar-refractivity contribution in [1.29, 1.82) is 0 Å². The summed E-state index contributed by atoms with van der Waals surface area (Å²) in [6.45, 7) is 3.14. The molecule has 110 valence electrons. The molecule has 1 saturated heterocycles. The Morgan fingerprint density at radius 2 is 2.40 bits per heavy atom. The van der Waals surface area contributed by atoms with Crippen LogP contribution < -0.4 is 10.2 Å². The summed E-state index contributed by atoms with van der Waals surface area (Å²) in [4.78, 5) is 29.1. The molecule has 0 aromatic carbocycles. The monoisotopic (exact) mass is 283 g/mol. The molecule has 0 bridgehead atoms. The van der Waals surface area contributed by atoms with Crippen molar-refractivity contribution >= 4 is 17.9 Å². The molecule has 1 aliphatic rings. The van der Waals surface area contributed by atoms with Gasteiger partial charge in [0.1, 0.15) is 12.3 Å². The Morgan fingerprint density at radius 3 is 3.10 bits per heavy atom. The Balaban J connectivity index is 2.16. The van der Waals surface area contributed by atoms with Crippen molar-refractivity contribution in [2.75, 3.05) is 38.3 Å². The van der Waals surface area contributed by atoms with Gasteiger partial charge in [0, 0.05) is 13.6 Å². The Labute approximate surface area is 116 Å². The van der Waals surface area contributed by atoms with Crippen LogP contribution in [-0.4, -0.2) is 56.3 Å². The number of rotatable bonds is 4. The van der Waals surface area contributed by atoms with Crippen molar-refractivity contribution in [2.45, 2.75) is 13.0 Å². The summed E-state index contributed by atoms with van der Waals surface area (Å²) >= 11 is 0. The number of amides is 1. The lowest BCUT2D eigenvalue weighted by Crippen LogP contribution is -2.53. The normalized spacial score (nSPS) is 18.7. The van der Waals surface area contributed by atoms with E-state index in [1.807, 2.05) is 0 Å². The maximum atomic E-state index is 11.8. The molecule has 1 aromatic heterocycles. The quantitative estimate of drug-likeness (QED) is 0.765. The number of aromatic nitrogens is 1. The highest BCUT2D eigenvalue weighted by atomic mass is 16.5. The van der Waals surface area contributed by atoms with Crippen LogP contribution in [0.1, 0.15) is 17.4 Å². The second-order valence-electron chi connectivity index (χ2n) is 4.13. The highest BCUT2D eigenvalue weighted by Crippen LogP contribution is 2.19. The number of esters is 1. The van der Waals surface area contributed by atoms with E-state index in [9.17, 15) is 9.59 Å². The molecule has 0 saturated carbocycles. The van der Waals surface area contributed by atoms with E-state index in [4.69, 9.17) is 13.9 Å². The Hall–Kier alpha value is -2.09. The molecule has 8 heteroatoms. The van der Waals surface area contributed by atoms with E-state index in [0.717, 1.165) is 0 Å². The highest BCUT2D eigenvalue weighted by molar-refractivity contribution is 5.88. The first-order valence-corrected chi connectivity index (χ1v) is 6.36. The molecule has 1 unspecified atom stereocenters. The van der Waals surface area contributed by atoms with Gasteiger partial charge in [-0.15, -0.1) is 0 Å². The lowest BCUT2D eigenvalue weighted by Gasteiger charge is -2.32. The zero-order valence-corrected chi connectivity index (χ0v) is 11.4. The molecule has 1 atom stereocenters. The number of carbonyl (C=O) groups excluding carboxylic acids is 2. The Morgan fingerprint density at radius 1 is 1.60 bits per heavy atom. The van der Waals surface area contributed by atoms with E-state index in [-0.39, 0.29) is 30.8 Å². The van der Waals surface area contributed by atoms with Gasteiger partial charge in [-0.3, -0.25) is 4.79 Å². The third-order valence-corrected chi connectivity index (χ3v) is 2.90. The number of hydrogen-bond acceptors (Lipinski definition) is 7. The third kappa shape index (κ3) is 2.90. The van der Waals surface area contributed by atoms with Gasteiger partial charge in [-0.25, -0.2) is 4.79 Å². The average molecular weight is 283 g/mol. The highest BCUT2D eigenvalue weighted by Gasteiger charge is 2.32. The zero-order valence-electron chi connectivity index (χ0n) is 11.4. The third-order valence-electron chi connectivity index (χ3n) is 2.90. The van der Waals surface area contributed by atoms with Gasteiger partial charge in [0.2, 0.25) is 5.91 Å². The van der Waals surface area contributed by atoms with Crippen LogP contribution in [0.25, 0.3) is 0 Å². The van der Waals surface area contributed by atoms with Crippen LogP contribution in [0.15, 0.2) is 10.7 Å². The van der Waals surface area contributed by atoms with Crippen molar-refractivity contribution in [3.63, 3.8) is 0 Å². The first-order valence-electron chi connectivity index (χ1n) is 6.36. The van der Waals surface area contributed by atoms with Crippen LogP contribution in [0.3, 0.4) is 0 Å². The van der Waals surface area contributed by atoms with Crippen LogP contribution in [0.2, 0.25) is 0 Å². The van der Waals surface area contributed by atoms with Crippen molar-refractivity contribution in [3.05, 3.63) is 12.0 Å². The standard InChI is InChI=1S/C12H17N3O5/c1-3-19-11(17)8-6-20-12(14-8)15-4-5-18-7-9(15)10(16)13-2/h6,9H,3-5,7H2,1-2H3,(H,13,16). The van der Waals surface area contributed by atoms with Gasteiger partial charge in [-0.2, -0.15) is 4.98 Å². The summed E-state index contributed by atoms with van der Waals surface area (Å²) in [6.07, 6.45) is 1.23. The molecule has 2 rings (SSSR count). The van der Waals surface area contributed by atoms with Gasteiger partial charge in [0.05, 0.1) is 19.8 Å². The molecule has 0 spiro atoms. The lowest BCUT2D eigenvalue weighted by molar-refractivity contribution is -0.124. The molecule has 0 aliphatic carbocycles. The van der Waals surface area contributed by atoms with E-state index < -0.39 is 12.0 Å². The number of nitrogens with one attached hydrogen (secondary N) is 1. The molecule has 1 aromatic rings. The van der Waals surface area contributed by atoms with Crippen LogP contribution >= 0.6 is 0 Å². The summed E-state index contributed by atoms with van der Waals surface area (Å²) in [5, 5.41) is 2.56. The summed E-state index contributed by atoms with van der Waals surface area (Å²) in [6, 6.07) is -0.313. The van der Waals surface area contributed by atoms with Crippen molar-refractivity contribution in [2.24, 2.45) is 0 Å². The maximum absolute atomic E-state index is 11.8. The topological polar surface area (TPSA) is 93.9 Å². The second kappa shape index (κ2) is 6.38. The van der Waals surface area contributed by atoms with Gasteiger partial charge in [-0.1, -0.05) is 0 Å². The number of ether oxygens (including phenoxy) is 2. The number of nitrogens with zero attached hydrogens (tertiary/aromatic N) is 2. The predicted octanol–water partition coefficient (Wildman–Crippen LogP) is -0.198. The molecule has 1 amide bonds. The number of likely N-dealkylation sites (N-methyl/N-ethyl adjacent to an activating group) is 1. The molecule has 0 radical (unpaired) electrons. The van der Waals surface area contributed by atoms with Crippen LogP contribution in [0, 0.1) is 0 Å². The molecule has 1 N–H and O–H groups in total. The summed E-state index contributed by atoms with van der Waals surface area (Å²) in [7, 11) is 1.55. The summed E-state index contributed by atoms with van der Waals surface area (Å²) in [5.74, 6) is -0.743. The smallest absolute Gasteiger partial charge is 0.360 e. The van der Waals surface area contributed by atoms with Gasteiger partial charge < -0.3 is 24.1 Å². The molecular formula is C12H17N3O5. The minimum atomic E-state index is -0.549. The fraction of sp³-hybridized carbons (Fsp3) is 0.583. The minimum absolute atomic E-state index is 0.0870. The maximum Gasteiger partial charge on any atom is 0.360 e. The number of hydrogen-bond donors (Lipinski definition) is 1. The Bertz CT molecular complexity index is 487. The van der Waals surface area contributed by atoms with Crippen LogP contribution in [0.5, 0.6) is 0 Å². The minimum Gasteiger partial charge on any atom is -0.461 e. The first kappa shape index (κ1) is 14.3. The van der Waals surface area contributed by atoms with Crippen molar-refractivity contribution < 1.29 is 23.5 Å². The van der Waals surface area contributed by atoms with Crippen LogP contribution in [0.4, 0.5) is 6.01 Å². The average Bonchev–Trinajstić information content (AvgIpc) is 2.96. The van der Waals surface area contributed by atoms with Crippen LogP contribution in [-0.2, 0) is 14.3 Å². The largest absolute Gasteiger partial charge is 0.461 e. The summed E-state index contributed by atoms with van der Waals surface area (Å²) < 4.78 is 15.4. The lowest BCUT2D eigenvalue weighted by atomic mass is 10.2. The second-order valence-corrected chi connectivity index (χ2v) is 4.13. The van der Waals surface area contributed by atoms with Gasteiger partial charge in [-0.05, 0) is 6.92 Å².